The van der Waals surface area contributed by atoms with E-state index in [1.807, 2.05) is 0 Å². The lowest BCUT2D eigenvalue weighted by molar-refractivity contribution is 0.333. The lowest BCUT2D eigenvalue weighted by Crippen LogP contribution is -2.51. The Balaban J connectivity index is 3.57. The molecule has 0 fully saturated rings. The molecule has 1 rings (SSSR count). The second-order valence-corrected chi connectivity index (χ2v) is 3.90. The number of aromatic nitrogens is 2. The van der Waals surface area contributed by atoms with Crippen LogP contribution in [0.15, 0.2) is 21.9 Å². The highest BCUT2D eigenvalue weighted by Gasteiger charge is 2.22. The Morgan fingerprint density at radius 3 is 2.50 bits per heavy atom. The maximum atomic E-state index is 11.7. The van der Waals surface area contributed by atoms with Gasteiger partial charge in [-0.15, -0.1) is 0 Å². The lowest BCUT2D eigenvalue weighted by Gasteiger charge is -2.24. The van der Waals surface area contributed by atoms with Crippen LogP contribution in [0, 0.1) is 0 Å². The third-order valence-corrected chi connectivity index (χ3v) is 2.26. The molecular formula is C9H15N3O2. The molecule has 0 atom stereocenters. The smallest absolute Gasteiger partial charge is 0.328 e. The van der Waals surface area contributed by atoms with E-state index in [2.05, 4.69) is 0 Å². The molecule has 0 bridgehead atoms. The van der Waals surface area contributed by atoms with Crippen LogP contribution in [0.4, 0.5) is 0 Å². The molecule has 1 aromatic rings. The van der Waals surface area contributed by atoms with Gasteiger partial charge in [-0.05, 0) is 13.8 Å². The summed E-state index contributed by atoms with van der Waals surface area (Å²) in [4.78, 5) is 23.2. The van der Waals surface area contributed by atoms with Crippen molar-refractivity contribution in [3.05, 3.63) is 33.1 Å². The summed E-state index contributed by atoms with van der Waals surface area (Å²) < 4.78 is 2.53. The van der Waals surface area contributed by atoms with Gasteiger partial charge in [-0.1, -0.05) is 0 Å². The zero-order valence-corrected chi connectivity index (χ0v) is 8.65. The van der Waals surface area contributed by atoms with Crippen LogP contribution < -0.4 is 17.0 Å². The number of nitrogens with two attached hydrogens (primary N) is 1. The molecule has 0 saturated heterocycles. The van der Waals surface area contributed by atoms with E-state index in [1.54, 1.807) is 20.9 Å². The van der Waals surface area contributed by atoms with Crippen LogP contribution in [0.5, 0.6) is 0 Å². The summed E-state index contributed by atoms with van der Waals surface area (Å²) in [5.41, 5.74) is 4.22. The first-order valence-electron chi connectivity index (χ1n) is 4.39. The van der Waals surface area contributed by atoms with Crippen LogP contribution in [0.25, 0.3) is 0 Å². The average Bonchev–Trinajstić information content (AvgIpc) is 2.12. The van der Waals surface area contributed by atoms with Crippen molar-refractivity contribution >= 4 is 0 Å². The van der Waals surface area contributed by atoms with Crippen molar-refractivity contribution in [1.82, 2.24) is 9.13 Å². The molecule has 1 heterocycles. The van der Waals surface area contributed by atoms with Crippen LogP contribution in [0.2, 0.25) is 0 Å². The van der Waals surface area contributed by atoms with Crippen molar-refractivity contribution in [2.45, 2.75) is 19.4 Å². The van der Waals surface area contributed by atoms with E-state index in [0.29, 0.717) is 0 Å². The van der Waals surface area contributed by atoms with Crippen LogP contribution in [0.1, 0.15) is 13.8 Å². The molecule has 0 unspecified atom stereocenters. The van der Waals surface area contributed by atoms with Gasteiger partial charge in [-0.3, -0.25) is 9.36 Å². The molecule has 0 aliphatic rings. The Morgan fingerprint density at radius 2 is 2.00 bits per heavy atom. The molecule has 5 heteroatoms. The number of nitrogens with zero attached hydrogens (tertiary/aromatic N) is 2. The average molecular weight is 197 g/mol. The topological polar surface area (TPSA) is 70.0 Å². The molecule has 1 aromatic heterocycles. The summed E-state index contributed by atoms with van der Waals surface area (Å²) in [6, 6.07) is 1.36. The fraction of sp³-hybridized carbons (Fsp3) is 0.556. The number of hydrogen-bond acceptors (Lipinski definition) is 3. The minimum atomic E-state index is -0.646. The van der Waals surface area contributed by atoms with Gasteiger partial charge in [0, 0.05) is 25.9 Å². The van der Waals surface area contributed by atoms with Crippen molar-refractivity contribution < 1.29 is 0 Å². The van der Waals surface area contributed by atoms with Crippen molar-refractivity contribution in [2.75, 3.05) is 6.54 Å². The van der Waals surface area contributed by atoms with E-state index < -0.39 is 5.54 Å². The molecule has 0 aliphatic heterocycles. The third-order valence-electron chi connectivity index (χ3n) is 2.26. The summed E-state index contributed by atoms with van der Waals surface area (Å²) in [5.74, 6) is 0. The highest BCUT2D eigenvalue weighted by atomic mass is 16.2. The van der Waals surface area contributed by atoms with Crippen LogP contribution >= 0.6 is 0 Å². The zero-order chi connectivity index (χ0) is 10.9. The number of aryl methyl sites for hydroxylation is 1. The quantitative estimate of drug-likeness (QED) is 0.677. The minimum Gasteiger partial charge on any atom is -0.328 e. The third kappa shape index (κ3) is 1.63. The summed E-state index contributed by atoms with van der Waals surface area (Å²) in [6.07, 6.45) is 1.45. The maximum Gasteiger partial charge on any atom is 0.331 e. The minimum absolute atomic E-state index is 0.242. The van der Waals surface area contributed by atoms with Crippen molar-refractivity contribution in [3.63, 3.8) is 0 Å². The monoisotopic (exact) mass is 197 g/mol. The predicted octanol–water partition coefficient (Wildman–Crippen LogP) is -0.759. The lowest BCUT2D eigenvalue weighted by atomic mass is 10.1. The molecular weight excluding hydrogens is 182 g/mol. The Bertz CT molecular complexity index is 442. The second kappa shape index (κ2) is 3.42. The van der Waals surface area contributed by atoms with Gasteiger partial charge < -0.3 is 10.3 Å². The van der Waals surface area contributed by atoms with E-state index in [-0.39, 0.29) is 17.8 Å². The van der Waals surface area contributed by atoms with Crippen molar-refractivity contribution in [2.24, 2.45) is 12.8 Å². The molecule has 0 aromatic carbocycles. The molecule has 14 heavy (non-hydrogen) atoms. The fourth-order valence-electron chi connectivity index (χ4n) is 1.21. The largest absolute Gasteiger partial charge is 0.331 e. The molecule has 0 radical (unpaired) electrons. The molecule has 0 spiro atoms. The molecule has 0 amide bonds. The first kappa shape index (κ1) is 10.7. The molecule has 78 valence electrons. The Labute approximate surface area is 81.8 Å². The van der Waals surface area contributed by atoms with E-state index >= 15 is 0 Å². The fourth-order valence-corrected chi connectivity index (χ4v) is 1.21. The van der Waals surface area contributed by atoms with Gasteiger partial charge in [0.25, 0.3) is 5.56 Å². The van der Waals surface area contributed by atoms with Gasteiger partial charge in [0.05, 0.1) is 5.54 Å². The van der Waals surface area contributed by atoms with Gasteiger partial charge >= 0.3 is 5.69 Å². The van der Waals surface area contributed by atoms with Crippen LogP contribution in [0.3, 0.4) is 0 Å². The van der Waals surface area contributed by atoms with E-state index in [4.69, 9.17) is 5.73 Å². The van der Waals surface area contributed by atoms with Crippen LogP contribution in [-0.2, 0) is 12.6 Å². The van der Waals surface area contributed by atoms with Crippen molar-refractivity contribution in [1.29, 1.82) is 0 Å². The van der Waals surface area contributed by atoms with Gasteiger partial charge in [0.2, 0.25) is 0 Å². The van der Waals surface area contributed by atoms with E-state index in [1.165, 1.54) is 21.4 Å². The Morgan fingerprint density at radius 1 is 1.43 bits per heavy atom. The second-order valence-electron chi connectivity index (χ2n) is 3.90. The predicted molar refractivity (Wildman–Crippen MR) is 54.3 cm³/mol. The number of hydrogen-bond donors (Lipinski definition) is 1. The first-order chi connectivity index (χ1) is 6.40. The number of rotatable bonds is 2. The maximum absolute atomic E-state index is 11.7. The van der Waals surface area contributed by atoms with Gasteiger partial charge in [0.15, 0.2) is 0 Å². The normalized spacial score (nSPS) is 11.7. The van der Waals surface area contributed by atoms with Gasteiger partial charge in [-0.2, -0.15) is 0 Å². The van der Waals surface area contributed by atoms with E-state index in [0.717, 1.165) is 0 Å². The van der Waals surface area contributed by atoms with Crippen molar-refractivity contribution in [3.8, 4) is 0 Å². The first-order valence-corrected chi connectivity index (χ1v) is 4.39. The SMILES string of the molecule is Cn1ccc(=O)n(C(C)(C)CN)c1=O. The standard InChI is InChI=1S/C9H15N3O2/c1-9(2,6-10)12-7(13)4-5-11(3)8(12)14/h4-5H,6,10H2,1-3H3. The summed E-state index contributed by atoms with van der Waals surface area (Å²) in [7, 11) is 1.60. The molecule has 0 saturated carbocycles. The van der Waals surface area contributed by atoms with E-state index in [9.17, 15) is 9.59 Å². The molecule has 0 aliphatic carbocycles. The molecule has 2 N–H and O–H groups in total. The highest BCUT2D eigenvalue weighted by molar-refractivity contribution is 4.92. The summed E-state index contributed by atoms with van der Waals surface area (Å²) >= 11 is 0. The summed E-state index contributed by atoms with van der Waals surface area (Å²) in [6.45, 7) is 3.76. The highest BCUT2D eigenvalue weighted by Crippen LogP contribution is 2.06. The Kier molecular flexibility index (Phi) is 2.62. The van der Waals surface area contributed by atoms with Gasteiger partial charge in [0.1, 0.15) is 0 Å². The summed E-state index contributed by atoms with van der Waals surface area (Å²) in [5, 5.41) is 0. The zero-order valence-electron chi connectivity index (χ0n) is 8.65. The van der Waals surface area contributed by atoms with Crippen LogP contribution in [-0.4, -0.2) is 15.7 Å². The molecule has 5 nitrogen and oxygen atoms in total. The van der Waals surface area contributed by atoms with Gasteiger partial charge in [-0.25, -0.2) is 4.79 Å². The Hall–Kier alpha value is -1.36.